The molecule has 3 amide bonds. The maximum Gasteiger partial charge on any atom is 0.411 e. The van der Waals surface area contributed by atoms with Crippen molar-refractivity contribution in [2.75, 3.05) is 45.8 Å². The quantitative estimate of drug-likeness (QED) is 0.103. The van der Waals surface area contributed by atoms with E-state index < -0.39 is 47.0 Å². The van der Waals surface area contributed by atoms with Crippen LogP contribution in [0, 0.1) is 0 Å². The molecular weight excluding hydrogens is 1430 g/mol. The minimum Gasteiger partial charge on any atom is -0.480 e. The molecule has 2 aliphatic carbocycles. The number of carboxylic acids is 1. The van der Waals surface area contributed by atoms with Crippen LogP contribution >= 0.6 is 55.1 Å². The molecule has 2 fully saturated rings. The fraction of sp³-hybridized carbons (Fsp3) is 0.338. The van der Waals surface area contributed by atoms with E-state index >= 15 is 4.79 Å². The Bertz CT molecular complexity index is 4180. The summed E-state index contributed by atoms with van der Waals surface area (Å²) >= 11 is 20.1. The molecule has 4 aliphatic rings. The van der Waals surface area contributed by atoms with E-state index in [4.69, 9.17) is 47.6 Å². The van der Waals surface area contributed by atoms with Crippen molar-refractivity contribution in [3.8, 4) is 0 Å². The summed E-state index contributed by atoms with van der Waals surface area (Å²) in [7, 11) is 0. The lowest BCUT2D eigenvalue weighted by Gasteiger charge is -2.45. The maximum atomic E-state index is 15.5. The van der Waals surface area contributed by atoms with Gasteiger partial charge in [0, 0.05) is 89.9 Å². The Balaban J connectivity index is 0.000000240. The van der Waals surface area contributed by atoms with Gasteiger partial charge in [-0.05, 0) is 204 Å². The zero-order chi connectivity index (χ0) is 70.5. The van der Waals surface area contributed by atoms with E-state index in [0.717, 1.165) is 107 Å². The molecule has 16 nitrogen and oxygen atoms in total. The van der Waals surface area contributed by atoms with Crippen molar-refractivity contribution in [1.29, 1.82) is 0 Å². The van der Waals surface area contributed by atoms with E-state index in [2.05, 4.69) is 149 Å². The molecule has 518 valence electrons. The van der Waals surface area contributed by atoms with E-state index in [1.165, 1.54) is 4.90 Å². The van der Waals surface area contributed by atoms with Gasteiger partial charge in [-0.2, -0.15) is 0 Å². The molecule has 0 radical (unpaired) electrons. The van der Waals surface area contributed by atoms with Crippen molar-refractivity contribution in [2.24, 2.45) is 0 Å². The summed E-state index contributed by atoms with van der Waals surface area (Å²) in [5.74, 6) is -1.19. The lowest BCUT2D eigenvalue weighted by molar-refractivity contribution is -0.146. The smallest absolute Gasteiger partial charge is 0.411 e. The lowest BCUT2D eigenvalue weighted by atomic mass is 9.77. The minimum atomic E-state index is -1.06. The van der Waals surface area contributed by atoms with E-state index in [1.54, 1.807) is 31.9 Å². The highest BCUT2D eigenvalue weighted by Gasteiger charge is 2.45. The highest BCUT2D eigenvalue weighted by molar-refractivity contribution is 9.10. The number of halogens is 4. The molecule has 5 heterocycles. The number of hydrogen-bond acceptors (Lipinski definition) is 11. The number of fused-ring (bicyclic) bond motifs is 4. The Hall–Kier alpha value is -8.23. The van der Waals surface area contributed by atoms with Crippen LogP contribution < -0.4 is 0 Å². The van der Waals surface area contributed by atoms with Gasteiger partial charge in [-0.15, -0.1) is 0 Å². The summed E-state index contributed by atoms with van der Waals surface area (Å²) in [6, 6.07) is 55.7. The zero-order valence-corrected chi connectivity index (χ0v) is 61.8. The summed E-state index contributed by atoms with van der Waals surface area (Å²) in [5, 5.41) is 11.3. The van der Waals surface area contributed by atoms with Crippen LogP contribution in [0.15, 0.2) is 204 Å². The fourth-order valence-corrected chi connectivity index (χ4v) is 15.7. The second-order valence-corrected chi connectivity index (χ2v) is 30.7. The van der Waals surface area contributed by atoms with Crippen LogP contribution in [0.4, 0.5) is 9.59 Å². The second kappa shape index (κ2) is 30.9. The molecule has 9 aromatic rings. The number of rotatable bonds is 14. The van der Waals surface area contributed by atoms with Crippen molar-refractivity contribution in [3.63, 3.8) is 0 Å². The van der Waals surface area contributed by atoms with E-state index in [-0.39, 0.29) is 37.6 Å². The second-order valence-electron chi connectivity index (χ2n) is 28.0. The van der Waals surface area contributed by atoms with Gasteiger partial charge in [0.25, 0.3) is 0 Å². The number of ether oxygens (including phenoxy) is 2. The number of amides is 3. The maximum absolute atomic E-state index is 15.5. The number of hydrogen-bond donors (Lipinski definition) is 1. The Morgan fingerprint density at radius 1 is 0.550 bits per heavy atom. The van der Waals surface area contributed by atoms with Crippen molar-refractivity contribution >= 4 is 79.1 Å². The van der Waals surface area contributed by atoms with Crippen LogP contribution in [0.3, 0.4) is 0 Å². The van der Waals surface area contributed by atoms with Crippen molar-refractivity contribution in [1.82, 2.24) is 44.0 Å². The summed E-state index contributed by atoms with van der Waals surface area (Å²) in [6.07, 6.45) is 11.1. The molecule has 3 aromatic heterocycles. The number of nitrogens with zero attached hydrogens (tertiary/aromatic N) is 9. The number of benzene rings is 6. The van der Waals surface area contributed by atoms with Gasteiger partial charge in [-0.1, -0.05) is 157 Å². The average Bonchev–Trinajstić information content (AvgIpc) is 1.33. The van der Waals surface area contributed by atoms with E-state index in [9.17, 15) is 19.5 Å². The Morgan fingerprint density at radius 3 is 1.43 bits per heavy atom. The third-order valence-electron chi connectivity index (χ3n) is 18.9. The highest BCUT2D eigenvalue weighted by Crippen LogP contribution is 2.44. The summed E-state index contributed by atoms with van der Waals surface area (Å²) in [5.41, 5.74) is 11.8. The van der Waals surface area contributed by atoms with Gasteiger partial charge >= 0.3 is 18.2 Å². The van der Waals surface area contributed by atoms with Crippen molar-refractivity contribution in [2.45, 2.75) is 128 Å². The molecule has 20 heteroatoms. The number of aryl methyl sites for hydroxylation is 5. The highest BCUT2D eigenvalue weighted by atomic mass is 79.9. The van der Waals surface area contributed by atoms with E-state index in [0.29, 0.717) is 55.6 Å². The molecule has 100 heavy (non-hydrogen) atoms. The summed E-state index contributed by atoms with van der Waals surface area (Å²) in [6.45, 7) is 13.7. The molecule has 6 aromatic carbocycles. The molecule has 0 saturated carbocycles. The lowest BCUT2D eigenvalue weighted by Crippen LogP contribution is -2.62. The van der Waals surface area contributed by atoms with Crippen LogP contribution in [-0.2, 0) is 63.3 Å². The first-order valence-corrected chi connectivity index (χ1v) is 36.4. The van der Waals surface area contributed by atoms with Crippen LogP contribution in [0.2, 0.25) is 10.0 Å². The number of piperazine rings is 2. The van der Waals surface area contributed by atoms with Gasteiger partial charge in [0.05, 0.1) is 35.5 Å². The third-order valence-corrected chi connectivity index (χ3v) is 20.3. The van der Waals surface area contributed by atoms with Crippen LogP contribution in [-0.4, -0.2) is 142 Å². The number of imidazole rings is 1. The molecule has 13 rings (SSSR count). The van der Waals surface area contributed by atoms with Gasteiger partial charge in [0.1, 0.15) is 28.8 Å². The van der Waals surface area contributed by atoms with Crippen LogP contribution in [0.1, 0.15) is 133 Å². The predicted molar refractivity (Wildman–Crippen MR) is 397 cm³/mol. The van der Waals surface area contributed by atoms with Crippen LogP contribution in [0.5, 0.6) is 0 Å². The van der Waals surface area contributed by atoms with Gasteiger partial charge in [0.2, 0.25) is 5.91 Å². The first-order chi connectivity index (χ1) is 48.0. The fourth-order valence-electron chi connectivity index (χ4n) is 14.5. The van der Waals surface area contributed by atoms with Gasteiger partial charge in [-0.25, -0.2) is 19.4 Å². The first-order valence-electron chi connectivity index (χ1n) is 34.1. The normalized spacial score (nSPS) is 17.9. The Morgan fingerprint density at radius 2 is 0.980 bits per heavy atom. The van der Waals surface area contributed by atoms with Gasteiger partial charge in [0.15, 0.2) is 0 Å². The first kappa shape index (κ1) is 71.6. The Kier molecular flexibility index (Phi) is 22.1. The molecule has 0 bridgehead atoms. The monoisotopic (exact) mass is 1510 g/mol. The summed E-state index contributed by atoms with van der Waals surface area (Å²) < 4.78 is 15.5. The standard InChI is InChI=1S/C56H56BrClN6O3.C24H27BrClN3O4/c1-55(2,3)67-54(66)64-32-31-61(52-49-29-28-47(58)34-41(49)26-27-42-33-46(57)35-59-51(42)52)38-50(64)53(65)62(36-40-17-8-4-9-18-40)30-16-25-48-37-63(39-60-48)56(43-19-10-5-11-20-43,44-21-12-6-13-22-44)45-23-14-7-15-24-45;1-24(2,3)33-23(32)29-9-8-28(13-19(29)22(30)31)21-18-7-6-17(26)11-14(18)4-5-15-10-16(25)12-27-20(15)21/h4-15,17-24,28-29,33-35,37,39,50,52H,16,25-27,30-32,36,38H2,1-3H3;6-7,10-12,19,21H,4-5,8-9,13H2,1-3H3,(H,30,31)/t50-,52?;19-,21?/m11/s1. The average molecular weight is 1510 g/mol. The largest absolute Gasteiger partial charge is 0.480 e. The van der Waals surface area contributed by atoms with Crippen LogP contribution in [0.25, 0.3) is 0 Å². The molecule has 2 aliphatic heterocycles. The Labute approximate surface area is 612 Å². The van der Waals surface area contributed by atoms with Gasteiger partial charge in [-0.3, -0.25) is 34.4 Å². The predicted octanol–water partition coefficient (Wildman–Crippen LogP) is 16.0. The third kappa shape index (κ3) is 16.2. The number of aliphatic carboxylic acids is 1. The van der Waals surface area contributed by atoms with Crippen molar-refractivity contribution < 1.29 is 33.8 Å². The van der Waals surface area contributed by atoms with Crippen molar-refractivity contribution in [3.05, 3.63) is 286 Å². The number of pyridine rings is 2. The SMILES string of the molecule is CC(C)(C)OC(=O)N1CCN(C2c3ccc(Cl)cc3CCc3cc(Br)cnc32)C[C@@H]1C(=O)N(CCCc1cn(C(c2ccccc2)(c2ccccc2)c2ccccc2)cn1)Cc1ccccc1.CC(C)(C)OC(=O)N1CCN(C2c3ccc(Cl)cc3CCc3cc(Br)cnc32)C[C@@H]1C(=O)O. The molecule has 0 spiro atoms. The molecule has 2 saturated heterocycles. The van der Waals surface area contributed by atoms with E-state index in [1.807, 2.05) is 111 Å². The minimum absolute atomic E-state index is 0.130. The van der Waals surface area contributed by atoms with Gasteiger partial charge < -0.3 is 24.0 Å². The molecule has 4 atom stereocenters. The zero-order valence-electron chi connectivity index (χ0n) is 57.1. The number of aromatic nitrogens is 4. The number of carbonyl (C=O) groups excluding carboxylic acids is 3. The number of carboxylic acid groups (broad SMARTS) is 1. The molecule has 1 N–H and O–H groups in total. The topological polar surface area (TPSA) is 167 Å². The molecular formula is C80H83Br2Cl2N9O7. The summed E-state index contributed by atoms with van der Waals surface area (Å²) in [4.78, 5) is 78.7. The molecule has 2 unspecified atom stereocenters. The number of carbonyl (C=O) groups is 4.